The molecule has 3 N–H and O–H groups in total. The second kappa shape index (κ2) is 8.80. The summed E-state index contributed by atoms with van der Waals surface area (Å²) in [5.41, 5.74) is 8.26. The lowest BCUT2D eigenvalue weighted by Gasteiger charge is -2.30. The zero-order valence-corrected chi connectivity index (χ0v) is 17.2. The summed E-state index contributed by atoms with van der Waals surface area (Å²) in [7, 11) is 1.66. The second-order valence-electron chi connectivity index (χ2n) is 7.40. The van der Waals surface area contributed by atoms with Gasteiger partial charge >= 0.3 is 0 Å². The number of nitrogens with two attached hydrogens (primary N) is 1. The first-order valence-electron chi connectivity index (χ1n) is 9.94. The fourth-order valence-electron chi connectivity index (χ4n) is 3.70. The average Bonchev–Trinajstić information content (AvgIpc) is 2.74. The van der Waals surface area contributed by atoms with Crippen LogP contribution in [0.4, 0.5) is 5.82 Å². The van der Waals surface area contributed by atoms with E-state index in [1.807, 2.05) is 54.6 Å². The SMILES string of the molecule is COc1ccc2nc(/C=C/c3ccc(Cl)cc3)nc(NC3CCCCC3N)c2c1. The molecule has 1 fully saturated rings. The molecule has 1 saturated carbocycles. The van der Waals surface area contributed by atoms with Crippen LogP contribution in [0.3, 0.4) is 0 Å². The number of nitrogens with zero attached hydrogens (tertiary/aromatic N) is 2. The van der Waals surface area contributed by atoms with Crippen LogP contribution in [-0.2, 0) is 0 Å². The first-order chi connectivity index (χ1) is 14.1. The minimum atomic E-state index is 0.132. The van der Waals surface area contributed by atoms with Crippen LogP contribution in [0.25, 0.3) is 23.1 Å². The Morgan fingerprint density at radius 3 is 2.62 bits per heavy atom. The van der Waals surface area contributed by atoms with Crippen molar-refractivity contribution in [1.82, 2.24) is 9.97 Å². The molecule has 3 aromatic rings. The van der Waals surface area contributed by atoms with Crippen LogP contribution < -0.4 is 15.8 Å². The van der Waals surface area contributed by atoms with Crippen molar-refractivity contribution in [3.05, 3.63) is 58.9 Å². The number of nitrogens with one attached hydrogen (secondary N) is 1. The number of rotatable bonds is 5. The zero-order chi connectivity index (χ0) is 20.2. The standard InChI is InChI=1S/C23H25ClN4O/c1-29-17-11-12-20-18(14-17)23(27-21-5-3-2-4-19(21)25)28-22(26-20)13-8-15-6-9-16(24)10-7-15/h6-14,19,21H,2-5,25H2,1H3,(H,26,27,28)/b13-8+. The topological polar surface area (TPSA) is 73.1 Å². The van der Waals surface area contributed by atoms with E-state index in [2.05, 4.69) is 5.32 Å². The summed E-state index contributed by atoms with van der Waals surface area (Å²) in [5.74, 6) is 2.22. The number of ether oxygens (including phenoxy) is 1. The van der Waals surface area contributed by atoms with Crippen LogP contribution in [-0.4, -0.2) is 29.2 Å². The molecule has 0 saturated heterocycles. The molecule has 2 atom stereocenters. The van der Waals surface area contributed by atoms with Gasteiger partial charge in [-0.1, -0.05) is 42.7 Å². The molecule has 0 radical (unpaired) electrons. The number of halogens is 1. The van der Waals surface area contributed by atoms with Crippen molar-refractivity contribution < 1.29 is 4.74 Å². The molecule has 0 spiro atoms. The Morgan fingerprint density at radius 1 is 1.07 bits per heavy atom. The van der Waals surface area contributed by atoms with E-state index in [1.165, 1.54) is 12.8 Å². The molecule has 5 nitrogen and oxygen atoms in total. The highest BCUT2D eigenvalue weighted by atomic mass is 35.5. The van der Waals surface area contributed by atoms with Crippen LogP contribution >= 0.6 is 11.6 Å². The van der Waals surface area contributed by atoms with E-state index in [9.17, 15) is 0 Å². The van der Waals surface area contributed by atoms with E-state index in [-0.39, 0.29) is 12.1 Å². The molecule has 6 heteroatoms. The highest BCUT2D eigenvalue weighted by molar-refractivity contribution is 6.30. The predicted molar refractivity (Wildman–Crippen MR) is 120 cm³/mol. The average molecular weight is 409 g/mol. The minimum absolute atomic E-state index is 0.132. The number of aromatic nitrogens is 2. The summed E-state index contributed by atoms with van der Waals surface area (Å²) >= 11 is 5.97. The lowest BCUT2D eigenvalue weighted by Crippen LogP contribution is -2.42. The maximum atomic E-state index is 6.36. The Bertz CT molecular complexity index is 1020. The third-order valence-electron chi connectivity index (χ3n) is 5.36. The molecule has 1 aromatic heterocycles. The van der Waals surface area contributed by atoms with E-state index in [0.717, 1.165) is 40.9 Å². The van der Waals surface area contributed by atoms with E-state index >= 15 is 0 Å². The van der Waals surface area contributed by atoms with Crippen molar-refractivity contribution in [2.75, 3.05) is 12.4 Å². The third-order valence-corrected chi connectivity index (χ3v) is 5.61. The van der Waals surface area contributed by atoms with Gasteiger partial charge in [0, 0.05) is 22.5 Å². The van der Waals surface area contributed by atoms with Crippen molar-refractivity contribution >= 4 is 40.5 Å². The van der Waals surface area contributed by atoms with Crippen molar-refractivity contribution in [1.29, 1.82) is 0 Å². The lowest BCUT2D eigenvalue weighted by molar-refractivity contribution is 0.403. The maximum absolute atomic E-state index is 6.36. The summed E-state index contributed by atoms with van der Waals surface area (Å²) in [6.07, 6.45) is 8.35. The van der Waals surface area contributed by atoms with E-state index in [4.69, 9.17) is 32.0 Å². The Balaban J connectivity index is 1.70. The van der Waals surface area contributed by atoms with Gasteiger partial charge in [-0.15, -0.1) is 0 Å². The number of hydrogen-bond acceptors (Lipinski definition) is 5. The predicted octanol–water partition coefficient (Wildman–Crippen LogP) is 5.14. The van der Waals surface area contributed by atoms with E-state index in [0.29, 0.717) is 10.8 Å². The fourth-order valence-corrected chi connectivity index (χ4v) is 3.82. The molecule has 0 bridgehead atoms. The van der Waals surface area contributed by atoms with Crippen LogP contribution in [0.2, 0.25) is 5.02 Å². The van der Waals surface area contributed by atoms with Gasteiger partial charge in [0.1, 0.15) is 11.6 Å². The largest absolute Gasteiger partial charge is 0.497 e. The molecule has 2 unspecified atom stereocenters. The minimum Gasteiger partial charge on any atom is -0.497 e. The summed E-state index contributed by atoms with van der Waals surface area (Å²) in [6, 6.07) is 13.8. The summed E-state index contributed by atoms with van der Waals surface area (Å²) < 4.78 is 5.40. The molecule has 1 heterocycles. The van der Waals surface area contributed by atoms with Gasteiger partial charge < -0.3 is 15.8 Å². The zero-order valence-electron chi connectivity index (χ0n) is 16.4. The van der Waals surface area contributed by atoms with Gasteiger partial charge in [-0.2, -0.15) is 0 Å². The molecule has 1 aliphatic carbocycles. The quantitative estimate of drug-likeness (QED) is 0.611. The lowest BCUT2D eigenvalue weighted by atomic mass is 9.91. The molecule has 4 rings (SSSR count). The molecule has 0 aliphatic heterocycles. The van der Waals surface area contributed by atoms with Crippen LogP contribution in [0.5, 0.6) is 5.75 Å². The van der Waals surface area contributed by atoms with Crippen molar-refractivity contribution in [2.45, 2.75) is 37.8 Å². The number of benzene rings is 2. The molecule has 150 valence electrons. The highest BCUT2D eigenvalue weighted by Crippen LogP contribution is 2.28. The highest BCUT2D eigenvalue weighted by Gasteiger charge is 2.23. The van der Waals surface area contributed by atoms with Gasteiger partial charge in [0.25, 0.3) is 0 Å². The summed E-state index contributed by atoms with van der Waals surface area (Å²) in [6.45, 7) is 0. The van der Waals surface area contributed by atoms with Gasteiger partial charge in [0.2, 0.25) is 0 Å². The van der Waals surface area contributed by atoms with Gasteiger partial charge in [-0.25, -0.2) is 9.97 Å². The second-order valence-corrected chi connectivity index (χ2v) is 7.83. The van der Waals surface area contributed by atoms with E-state index in [1.54, 1.807) is 7.11 Å². The van der Waals surface area contributed by atoms with Crippen LogP contribution in [0, 0.1) is 0 Å². The van der Waals surface area contributed by atoms with E-state index < -0.39 is 0 Å². The van der Waals surface area contributed by atoms with Gasteiger partial charge in [-0.05, 0) is 54.8 Å². The number of methoxy groups -OCH3 is 1. The molecular weight excluding hydrogens is 384 g/mol. The van der Waals surface area contributed by atoms with Gasteiger partial charge in [-0.3, -0.25) is 0 Å². The molecular formula is C23H25ClN4O. The van der Waals surface area contributed by atoms with Gasteiger partial charge in [0.15, 0.2) is 5.82 Å². The first-order valence-corrected chi connectivity index (χ1v) is 10.3. The summed E-state index contributed by atoms with van der Waals surface area (Å²) in [4.78, 5) is 9.50. The molecule has 1 aliphatic rings. The molecule has 29 heavy (non-hydrogen) atoms. The Hall–Kier alpha value is -2.63. The van der Waals surface area contributed by atoms with Crippen molar-refractivity contribution in [3.63, 3.8) is 0 Å². The number of hydrogen-bond donors (Lipinski definition) is 2. The number of anilines is 1. The Labute approximate surface area is 176 Å². The maximum Gasteiger partial charge on any atom is 0.154 e. The monoisotopic (exact) mass is 408 g/mol. The van der Waals surface area contributed by atoms with Crippen LogP contribution in [0.1, 0.15) is 37.1 Å². The first kappa shape index (κ1) is 19.7. The smallest absolute Gasteiger partial charge is 0.154 e. The fraction of sp³-hybridized carbons (Fsp3) is 0.304. The number of fused-ring (bicyclic) bond motifs is 1. The Morgan fingerprint density at radius 2 is 1.86 bits per heavy atom. The normalized spacial score (nSPS) is 19.6. The molecule has 0 amide bonds. The third kappa shape index (κ3) is 4.69. The van der Waals surface area contributed by atoms with Crippen LogP contribution in [0.15, 0.2) is 42.5 Å². The summed E-state index contributed by atoms with van der Waals surface area (Å²) in [5, 5.41) is 5.24. The van der Waals surface area contributed by atoms with Crippen molar-refractivity contribution in [2.24, 2.45) is 5.73 Å². The molecule has 2 aromatic carbocycles. The van der Waals surface area contributed by atoms with Gasteiger partial charge in [0.05, 0.1) is 12.6 Å². The Kier molecular flexibility index (Phi) is 5.97. The van der Waals surface area contributed by atoms with Crippen molar-refractivity contribution in [3.8, 4) is 5.75 Å².